The highest BCUT2D eigenvalue weighted by atomic mass is 32.2. The van der Waals surface area contributed by atoms with Crippen molar-refractivity contribution >= 4 is 27.4 Å². The van der Waals surface area contributed by atoms with Gasteiger partial charge in [0.05, 0.1) is 23.1 Å². The first-order valence-electron chi connectivity index (χ1n) is 6.35. The molecule has 2 aromatic rings. The minimum absolute atomic E-state index is 0.216. The van der Waals surface area contributed by atoms with Crippen LogP contribution in [0.25, 0.3) is 0 Å². The van der Waals surface area contributed by atoms with E-state index in [1.165, 1.54) is 20.3 Å². The molecule has 0 radical (unpaired) electrons. The first kappa shape index (κ1) is 15.8. The molecule has 0 aliphatic rings. The van der Waals surface area contributed by atoms with Crippen LogP contribution in [0.3, 0.4) is 0 Å². The van der Waals surface area contributed by atoms with Gasteiger partial charge in [0.25, 0.3) is 0 Å². The Morgan fingerprint density at radius 3 is 2.50 bits per heavy atom. The summed E-state index contributed by atoms with van der Waals surface area (Å²) < 4.78 is 26.8. The molecule has 0 saturated heterocycles. The molecule has 1 aromatic heterocycles. The standard InChI is InChI=1S/C14H15N5O2S/c1-19(2)22(20,21)18-14-8-7-12(10-16-14)17-13-6-4-3-5-11(13)9-15/h3-8,10,17H,1-2H3,(H,16,18). The van der Waals surface area contributed by atoms with Crippen LogP contribution in [0.5, 0.6) is 0 Å². The number of anilines is 3. The summed E-state index contributed by atoms with van der Waals surface area (Å²) in [6.07, 6.45) is 1.49. The van der Waals surface area contributed by atoms with E-state index in [0.29, 0.717) is 16.9 Å². The van der Waals surface area contributed by atoms with Crippen molar-refractivity contribution in [1.82, 2.24) is 9.29 Å². The Balaban J connectivity index is 2.15. The number of nitriles is 1. The fraction of sp³-hybridized carbons (Fsp3) is 0.143. The zero-order valence-electron chi connectivity index (χ0n) is 12.1. The average Bonchev–Trinajstić information content (AvgIpc) is 2.49. The van der Waals surface area contributed by atoms with Gasteiger partial charge in [0.1, 0.15) is 11.9 Å². The van der Waals surface area contributed by atoms with Crippen LogP contribution in [0.2, 0.25) is 0 Å². The second-order valence-electron chi connectivity index (χ2n) is 4.60. The molecule has 0 atom stereocenters. The first-order chi connectivity index (χ1) is 10.4. The molecule has 0 bridgehead atoms. The van der Waals surface area contributed by atoms with Gasteiger partial charge in [0.2, 0.25) is 0 Å². The number of para-hydroxylation sites is 1. The van der Waals surface area contributed by atoms with Crippen molar-refractivity contribution in [3.63, 3.8) is 0 Å². The van der Waals surface area contributed by atoms with E-state index in [1.807, 2.05) is 6.07 Å². The summed E-state index contributed by atoms with van der Waals surface area (Å²) in [6.45, 7) is 0. The van der Waals surface area contributed by atoms with E-state index < -0.39 is 10.2 Å². The Bertz CT molecular complexity index is 795. The molecule has 0 unspecified atom stereocenters. The smallest absolute Gasteiger partial charge is 0.302 e. The molecular weight excluding hydrogens is 302 g/mol. The van der Waals surface area contributed by atoms with Crippen LogP contribution in [0.15, 0.2) is 42.6 Å². The van der Waals surface area contributed by atoms with E-state index in [9.17, 15) is 8.42 Å². The van der Waals surface area contributed by atoms with Gasteiger partial charge >= 0.3 is 10.2 Å². The molecular formula is C14H15N5O2S. The zero-order chi connectivity index (χ0) is 16.2. The van der Waals surface area contributed by atoms with Gasteiger partial charge in [0.15, 0.2) is 0 Å². The lowest BCUT2D eigenvalue weighted by atomic mass is 10.2. The van der Waals surface area contributed by atoms with Crippen LogP contribution >= 0.6 is 0 Å². The van der Waals surface area contributed by atoms with E-state index in [1.54, 1.807) is 30.3 Å². The van der Waals surface area contributed by atoms with Gasteiger partial charge in [-0.1, -0.05) is 12.1 Å². The lowest BCUT2D eigenvalue weighted by Gasteiger charge is -2.13. The van der Waals surface area contributed by atoms with Crippen molar-refractivity contribution in [3.05, 3.63) is 48.2 Å². The highest BCUT2D eigenvalue weighted by Crippen LogP contribution is 2.20. The Morgan fingerprint density at radius 1 is 1.18 bits per heavy atom. The molecule has 8 heteroatoms. The molecule has 0 amide bonds. The number of hydrogen-bond donors (Lipinski definition) is 2. The summed E-state index contributed by atoms with van der Waals surface area (Å²) in [5, 5.41) is 12.1. The van der Waals surface area contributed by atoms with Gasteiger partial charge in [-0.05, 0) is 24.3 Å². The van der Waals surface area contributed by atoms with Crippen molar-refractivity contribution in [2.75, 3.05) is 24.1 Å². The van der Waals surface area contributed by atoms with E-state index in [4.69, 9.17) is 5.26 Å². The third-order valence-corrected chi connectivity index (χ3v) is 4.23. The van der Waals surface area contributed by atoms with Crippen molar-refractivity contribution < 1.29 is 8.42 Å². The maximum Gasteiger partial charge on any atom is 0.302 e. The number of nitrogens with one attached hydrogen (secondary N) is 2. The van der Waals surface area contributed by atoms with Crippen molar-refractivity contribution in [3.8, 4) is 6.07 Å². The zero-order valence-corrected chi connectivity index (χ0v) is 12.9. The molecule has 2 rings (SSSR count). The van der Waals surface area contributed by atoms with Gasteiger partial charge in [0, 0.05) is 14.1 Å². The maximum atomic E-state index is 11.7. The first-order valence-corrected chi connectivity index (χ1v) is 7.79. The second kappa shape index (κ2) is 6.43. The average molecular weight is 317 g/mol. The van der Waals surface area contributed by atoms with Gasteiger partial charge in [-0.3, -0.25) is 4.72 Å². The molecule has 7 nitrogen and oxygen atoms in total. The number of hydrogen-bond acceptors (Lipinski definition) is 5. The normalized spacial score (nSPS) is 11.0. The van der Waals surface area contributed by atoms with E-state index >= 15 is 0 Å². The highest BCUT2D eigenvalue weighted by Gasteiger charge is 2.13. The number of benzene rings is 1. The number of nitrogens with zero attached hydrogens (tertiary/aromatic N) is 3. The molecule has 0 saturated carbocycles. The molecule has 0 aliphatic heterocycles. The largest absolute Gasteiger partial charge is 0.353 e. The molecule has 2 N–H and O–H groups in total. The van der Waals surface area contributed by atoms with Gasteiger partial charge in [-0.15, -0.1) is 0 Å². The summed E-state index contributed by atoms with van der Waals surface area (Å²) in [4.78, 5) is 4.04. The summed E-state index contributed by atoms with van der Waals surface area (Å²) in [7, 11) is -0.721. The summed E-state index contributed by atoms with van der Waals surface area (Å²) in [6, 6.07) is 12.4. The van der Waals surface area contributed by atoms with Crippen LogP contribution in [-0.4, -0.2) is 31.8 Å². The van der Waals surface area contributed by atoms with E-state index in [0.717, 1.165) is 4.31 Å². The monoisotopic (exact) mass is 317 g/mol. The Kier molecular flexibility index (Phi) is 4.60. The lowest BCUT2D eigenvalue weighted by Crippen LogP contribution is -2.29. The van der Waals surface area contributed by atoms with E-state index in [2.05, 4.69) is 21.1 Å². The predicted octanol–water partition coefficient (Wildman–Crippen LogP) is 1.92. The highest BCUT2D eigenvalue weighted by molar-refractivity contribution is 7.90. The topological polar surface area (TPSA) is 98.1 Å². The summed E-state index contributed by atoms with van der Waals surface area (Å²) in [5.41, 5.74) is 1.82. The molecule has 22 heavy (non-hydrogen) atoms. The number of rotatable bonds is 5. The fourth-order valence-corrected chi connectivity index (χ4v) is 2.16. The third kappa shape index (κ3) is 3.72. The van der Waals surface area contributed by atoms with Crippen LogP contribution in [0.1, 0.15) is 5.56 Å². The molecule has 1 heterocycles. The third-order valence-electron chi connectivity index (χ3n) is 2.80. The van der Waals surface area contributed by atoms with E-state index in [-0.39, 0.29) is 5.82 Å². The molecule has 114 valence electrons. The minimum Gasteiger partial charge on any atom is -0.353 e. The fourth-order valence-electron chi connectivity index (χ4n) is 1.60. The van der Waals surface area contributed by atoms with Crippen LogP contribution in [-0.2, 0) is 10.2 Å². The maximum absolute atomic E-state index is 11.7. The Labute approximate surface area is 129 Å². The Hall–Kier alpha value is -2.63. The predicted molar refractivity (Wildman–Crippen MR) is 84.9 cm³/mol. The number of pyridine rings is 1. The molecule has 0 fully saturated rings. The lowest BCUT2D eigenvalue weighted by molar-refractivity contribution is 0.526. The van der Waals surface area contributed by atoms with Crippen LogP contribution < -0.4 is 10.0 Å². The quantitative estimate of drug-likeness (QED) is 0.878. The molecule has 0 aliphatic carbocycles. The van der Waals surface area contributed by atoms with Gasteiger partial charge < -0.3 is 5.32 Å². The second-order valence-corrected chi connectivity index (χ2v) is 6.49. The number of aromatic nitrogens is 1. The van der Waals surface area contributed by atoms with Crippen molar-refractivity contribution in [1.29, 1.82) is 5.26 Å². The van der Waals surface area contributed by atoms with Crippen LogP contribution in [0.4, 0.5) is 17.2 Å². The molecule has 0 spiro atoms. The Morgan fingerprint density at radius 2 is 1.91 bits per heavy atom. The van der Waals surface area contributed by atoms with Crippen LogP contribution in [0, 0.1) is 11.3 Å². The SMILES string of the molecule is CN(C)S(=O)(=O)Nc1ccc(Nc2ccccc2C#N)cn1. The van der Waals surface area contributed by atoms with Gasteiger partial charge in [-0.25, -0.2) is 4.98 Å². The molecule has 1 aromatic carbocycles. The van der Waals surface area contributed by atoms with Crippen molar-refractivity contribution in [2.45, 2.75) is 0 Å². The minimum atomic E-state index is -3.58. The van der Waals surface area contributed by atoms with Gasteiger partial charge in [-0.2, -0.15) is 18.0 Å². The summed E-state index contributed by atoms with van der Waals surface area (Å²) in [5.74, 6) is 0.216. The van der Waals surface area contributed by atoms with Crippen molar-refractivity contribution in [2.24, 2.45) is 0 Å². The summed E-state index contributed by atoms with van der Waals surface area (Å²) >= 11 is 0.